The number of hydrogen-bond donors (Lipinski definition) is 0. The second-order valence-corrected chi connectivity index (χ2v) is 0. The van der Waals surface area contributed by atoms with Gasteiger partial charge in [-0.2, -0.15) is 0 Å². The third-order valence-corrected chi connectivity index (χ3v) is 0. The normalized spacial score (nSPS) is 1.25. The molecule has 0 aliphatic rings. The van der Waals surface area contributed by atoms with Gasteiger partial charge in [-0.15, -0.1) is 0 Å². The quantitative estimate of drug-likeness (QED) is 0.316. The van der Waals surface area contributed by atoms with Crippen LogP contribution in [0, 0.1) is 0 Å². The molecule has 2 radical (unpaired) electrons. The Hall–Kier alpha value is 1.55. The Morgan fingerprint density at radius 1 is 1.00 bits per heavy atom. The molecule has 0 aliphatic carbocycles. The summed E-state index contributed by atoms with van der Waals surface area (Å²) in [6.07, 6.45) is 0. The standard InChI is InChI=1S/BClH2.2Li/c1-2;;/h1H2;;. The van der Waals surface area contributed by atoms with Crippen molar-refractivity contribution in [1.29, 1.82) is 0 Å². The molecule has 0 nitrogen and oxygen atoms in total. The van der Waals surface area contributed by atoms with Crippen molar-refractivity contribution in [1.82, 2.24) is 0 Å². The van der Waals surface area contributed by atoms with Gasteiger partial charge in [-0.1, -0.05) is 0 Å². The van der Waals surface area contributed by atoms with Crippen molar-refractivity contribution in [2.45, 2.75) is 0 Å². The molecule has 0 rings (SSSR count). The van der Waals surface area contributed by atoms with Crippen LogP contribution in [-0.2, 0) is 0 Å². The Bertz CT molecular complexity index is 6.00. The molecule has 0 aliphatic heterocycles. The van der Waals surface area contributed by atoms with E-state index in [9.17, 15) is 0 Å². The predicted molar refractivity (Wildman–Crippen MR) is 25.9 cm³/mol. The van der Waals surface area contributed by atoms with Crippen molar-refractivity contribution >= 4 is 56.4 Å². The van der Waals surface area contributed by atoms with Crippen LogP contribution < -0.4 is 0 Å². The van der Waals surface area contributed by atoms with Crippen LogP contribution in [0.4, 0.5) is 0 Å². The van der Waals surface area contributed by atoms with E-state index in [0.717, 1.165) is 0 Å². The molecule has 0 heterocycles. The Balaban J connectivity index is -0.00000000500. The predicted octanol–water partition coefficient (Wildman–Crippen LogP) is -0.988. The Morgan fingerprint density at radius 3 is 1.00 bits per heavy atom. The summed E-state index contributed by atoms with van der Waals surface area (Å²) in [5, 5.41) is 0. The van der Waals surface area contributed by atoms with Crippen LogP contribution in [-0.4, -0.2) is 45.0 Å². The molecule has 0 unspecified atom stereocenters. The fourth-order valence-corrected chi connectivity index (χ4v) is 0. The topological polar surface area (TPSA) is 0 Å². The maximum absolute atomic E-state index is 4.64. The maximum atomic E-state index is 4.64. The van der Waals surface area contributed by atoms with Gasteiger partial charge in [-0.05, 0) is 0 Å². The maximum Gasteiger partial charge on any atom is 0.215 e. The molecule has 0 aromatic carbocycles. The Labute approximate surface area is 56.3 Å². The van der Waals surface area contributed by atoms with Crippen LogP contribution in [0.5, 0.6) is 0 Å². The molecule has 14 valence electrons. The molecule has 0 spiro atoms. The zero-order valence-corrected chi connectivity index (χ0v) is 4.13. The molecule has 0 N–H and O–H groups in total. The fraction of sp³-hybridized carbons (Fsp3) is 0. The second-order valence-electron chi connectivity index (χ2n) is 0. The zero-order valence-electron chi connectivity index (χ0n) is 3.38. The molecular weight excluding hydrogens is 60.1 g/mol. The van der Waals surface area contributed by atoms with Crippen LogP contribution in [0.15, 0.2) is 0 Å². The van der Waals surface area contributed by atoms with Crippen LogP contribution in [0.25, 0.3) is 0 Å². The summed E-state index contributed by atoms with van der Waals surface area (Å²) in [4.78, 5) is 0. The van der Waals surface area contributed by atoms with Gasteiger partial charge in [0.1, 0.15) is 0 Å². The second kappa shape index (κ2) is 23.9. The molecule has 0 amide bonds. The number of rotatable bonds is 0. The van der Waals surface area contributed by atoms with Gasteiger partial charge in [0.05, 0.1) is 0 Å². The SMILES string of the molecule is BCl.[Li].[Li]. The van der Waals surface area contributed by atoms with Gasteiger partial charge in [0.15, 0.2) is 0 Å². The summed E-state index contributed by atoms with van der Waals surface area (Å²) in [6.45, 7) is 0. The number of halogens is 1. The molecule has 0 aromatic heterocycles. The molecule has 4 heteroatoms. The van der Waals surface area contributed by atoms with E-state index in [1.165, 1.54) is 7.26 Å². The van der Waals surface area contributed by atoms with E-state index in [1.54, 1.807) is 0 Å². The van der Waals surface area contributed by atoms with Crippen LogP contribution in [0.2, 0.25) is 0 Å². The third-order valence-electron chi connectivity index (χ3n) is 0. The molecule has 0 saturated carbocycles. The summed E-state index contributed by atoms with van der Waals surface area (Å²) < 4.78 is 0. The van der Waals surface area contributed by atoms with Gasteiger partial charge in [-0.3, -0.25) is 0 Å². The molecular formula is H2BClLi2. The van der Waals surface area contributed by atoms with Crippen LogP contribution in [0.1, 0.15) is 0 Å². The Morgan fingerprint density at radius 2 is 1.00 bits per heavy atom. The summed E-state index contributed by atoms with van der Waals surface area (Å²) in [5.41, 5.74) is 0. The smallest absolute Gasteiger partial charge is 0.206 e. The van der Waals surface area contributed by atoms with E-state index < -0.39 is 0 Å². The molecule has 0 aromatic rings. The molecule has 0 saturated heterocycles. The van der Waals surface area contributed by atoms with Crippen molar-refractivity contribution in [2.24, 2.45) is 0 Å². The summed E-state index contributed by atoms with van der Waals surface area (Å²) in [7, 11) is 1.47. The van der Waals surface area contributed by atoms with Gasteiger partial charge < -0.3 is 0 Å². The van der Waals surface area contributed by atoms with E-state index in [4.69, 9.17) is 0 Å². The van der Waals surface area contributed by atoms with Crippen molar-refractivity contribution in [2.75, 3.05) is 0 Å². The van der Waals surface area contributed by atoms with Gasteiger partial charge in [0, 0.05) is 37.7 Å². The van der Waals surface area contributed by atoms with Gasteiger partial charge in [-0.25, -0.2) is 11.5 Å². The summed E-state index contributed by atoms with van der Waals surface area (Å²) in [6, 6.07) is 0. The van der Waals surface area contributed by atoms with Crippen molar-refractivity contribution < 1.29 is 0 Å². The van der Waals surface area contributed by atoms with Gasteiger partial charge in [0.2, 0.25) is 7.26 Å². The number of hydrogen-bond acceptors (Lipinski definition) is 0. The van der Waals surface area contributed by atoms with Gasteiger partial charge in [0.25, 0.3) is 0 Å². The fourth-order valence-electron chi connectivity index (χ4n) is 0. The van der Waals surface area contributed by atoms with Crippen LogP contribution >= 0.6 is 11.5 Å². The van der Waals surface area contributed by atoms with E-state index in [1.807, 2.05) is 0 Å². The molecule has 4 heavy (non-hydrogen) atoms. The first-order chi connectivity index (χ1) is 1.00. The first-order valence-corrected chi connectivity index (χ1v) is 1.13. The molecule has 0 atom stereocenters. The van der Waals surface area contributed by atoms with Crippen LogP contribution in [0.3, 0.4) is 0 Å². The molecule has 0 fully saturated rings. The van der Waals surface area contributed by atoms with E-state index in [2.05, 4.69) is 11.5 Å². The van der Waals surface area contributed by atoms with Crippen molar-refractivity contribution in [3.05, 3.63) is 0 Å². The average Bonchev–Trinajstić information content (AvgIpc) is 1.00. The van der Waals surface area contributed by atoms with Gasteiger partial charge >= 0.3 is 0 Å². The minimum Gasteiger partial charge on any atom is -0.206 e. The van der Waals surface area contributed by atoms with E-state index in [-0.39, 0.29) is 37.7 Å². The van der Waals surface area contributed by atoms with E-state index >= 15 is 0 Å². The Kier molecular flexibility index (Phi) is 105. The minimum absolute atomic E-state index is 0. The minimum atomic E-state index is 0. The van der Waals surface area contributed by atoms with Crippen molar-refractivity contribution in [3.63, 3.8) is 0 Å². The first-order valence-electron chi connectivity index (χ1n) is 0.378. The largest absolute Gasteiger partial charge is 0.215 e. The third kappa shape index (κ3) is 9.61. The molecule has 0 bridgehead atoms. The first kappa shape index (κ1) is 17.7. The average molecular weight is 62.2 g/mol. The monoisotopic (exact) mass is 62.0 g/mol. The van der Waals surface area contributed by atoms with E-state index in [0.29, 0.717) is 0 Å². The van der Waals surface area contributed by atoms with Crippen molar-refractivity contribution in [3.8, 4) is 0 Å². The summed E-state index contributed by atoms with van der Waals surface area (Å²) >= 11 is 4.64. The summed E-state index contributed by atoms with van der Waals surface area (Å²) in [5.74, 6) is 0. The zero-order chi connectivity index (χ0) is 2.00.